The number of halogens is 3. The smallest absolute Gasteiger partial charge is 0.354 e. The van der Waals surface area contributed by atoms with E-state index in [1.165, 1.54) is 18.3 Å². The highest BCUT2D eigenvalue weighted by Crippen LogP contribution is 2.30. The molecule has 0 spiro atoms. The summed E-state index contributed by atoms with van der Waals surface area (Å²) >= 11 is 0. The largest absolute Gasteiger partial charge is 0.416 e. The first-order chi connectivity index (χ1) is 12.8. The maximum absolute atomic E-state index is 12.6. The minimum Gasteiger partial charge on any atom is -0.354 e. The van der Waals surface area contributed by atoms with Crippen molar-refractivity contribution in [1.29, 1.82) is 0 Å². The number of amides is 2. The fourth-order valence-corrected chi connectivity index (χ4v) is 2.45. The quantitative estimate of drug-likeness (QED) is 0.726. The lowest BCUT2D eigenvalue weighted by molar-refractivity contribution is -0.137. The van der Waals surface area contributed by atoms with Gasteiger partial charge in [0.2, 0.25) is 5.91 Å². The number of hydrogen-bond acceptors (Lipinski definition) is 3. The van der Waals surface area contributed by atoms with Gasteiger partial charge in [-0.15, -0.1) is 0 Å². The van der Waals surface area contributed by atoms with Crippen LogP contribution in [-0.4, -0.2) is 29.9 Å². The summed E-state index contributed by atoms with van der Waals surface area (Å²) in [4.78, 5) is 27.6. The summed E-state index contributed by atoms with van der Waals surface area (Å²) in [5.74, 6) is -0.745. The van der Waals surface area contributed by atoms with Gasteiger partial charge in [0.05, 0.1) is 11.1 Å². The number of carbonyl (C=O) groups is 2. The molecule has 5 nitrogen and oxygen atoms in total. The van der Waals surface area contributed by atoms with Crippen LogP contribution in [0.2, 0.25) is 0 Å². The number of nitrogens with one attached hydrogen (secondary N) is 2. The van der Waals surface area contributed by atoms with E-state index in [0.29, 0.717) is 11.1 Å². The minimum absolute atomic E-state index is 0.141. The summed E-state index contributed by atoms with van der Waals surface area (Å²) in [7, 11) is 0. The van der Waals surface area contributed by atoms with Gasteiger partial charge >= 0.3 is 6.18 Å². The average molecular weight is 379 g/mol. The Bertz CT molecular complexity index is 762. The van der Waals surface area contributed by atoms with Crippen molar-refractivity contribution < 1.29 is 22.8 Å². The summed E-state index contributed by atoms with van der Waals surface area (Å²) in [5.41, 5.74) is 0.370. The fourth-order valence-electron chi connectivity index (χ4n) is 2.45. The van der Waals surface area contributed by atoms with Crippen LogP contribution in [0.3, 0.4) is 0 Å². The molecule has 0 radical (unpaired) electrons. The van der Waals surface area contributed by atoms with Gasteiger partial charge in [-0.2, -0.15) is 13.2 Å². The normalized spacial score (nSPS) is 12.3. The molecule has 1 aromatic heterocycles. The van der Waals surface area contributed by atoms with Crippen molar-refractivity contribution in [2.45, 2.75) is 25.4 Å². The van der Waals surface area contributed by atoms with Gasteiger partial charge in [-0.25, -0.2) is 0 Å². The molecule has 1 heterocycles. The number of benzene rings is 1. The van der Waals surface area contributed by atoms with Crippen molar-refractivity contribution in [2.75, 3.05) is 13.1 Å². The van der Waals surface area contributed by atoms with E-state index in [1.54, 1.807) is 25.3 Å². The van der Waals surface area contributed by atoms with E-state index < -0.39 is 11.7 Å². The third-order valence-corrected chi connectivity index (χ3v) is 3.96. The molecule has 0 aliphatic heterocycles. The lowest BCUT2D eigenvalue weighted by Crippen LogP contribution is -2.35. The van der Waals surface area contributed by atoms with Crippen molar-refractivity contribution >= 4 is 11.8 Å². The van der Waals surface area contributed by atoms with Gasteiger partial charge in [0.15, 0.2) is 0 Å². The first-order valence-electron chi connectivity index (χ1n) is 8.39. The highest BCUT2D eigenvalue weighted by atomic mass is 19.4. The van der Waals surface area contributed by atoms with Crippen molar-refractivity contribution in [3.8, 4) is 0 Å². The molecule has 2 amide bonds. The second-order valence-corrected chi connectivity index (χ2v) is 6.07. The highest BCUT2D eigenvalue weighted by molar-refractivity contribution is 5.93. The standard InChI is InChI=1S/C19H20F3N3O2/c1-13(14-4-6-16(7-5-14)19(20,21)22)11-17(26)24-9-10-25-18(27)15-3-2-8-23-12-15/h2-8,12-13H,9-11H2,1H3,(H,24,26)(H,25,27). The molecule has 1 aromatic carbocycles. The molecular formula is C19H20F3N3O2. The summed E-state index contributed by atoms with van der Waals surface area (Å²) < 4.78 is 37.7. The Morgan fingerprint density at radius 2 is 1.74 bits per heavy atom. The SMILES string of the molecule is CC(CC(=O)NCCNC(=O)c1cccnc1)c1ccc(C(F)(F)F)cc1. The molecule has 0 saturated carbocycles. The monoisotopic (exact) mass is 379 g/mol. The zero-order chi connectivity index (χ0) is 19.9. The van der Waals surface area contributed by atoms with Gasteiger partial charge in [-0.05, 0) is 35.7 Å². The van der Waals surface area contributed by atoms with Crippen molar-refractivity contribution in [3.05, 3.63) is 65.5 Å². The Balaban J connectivity index is 1.73. The number of alkyl halides is 3. The Hall–Kier alpha value is -2.90. The van der Waals surface area contributed by atoms with Crippen LogP contribution in [0, 0.1) is 0 Å². The maximum Gasteiger partial charge on any atom is 0.416 e. The number of rotatable bonds is 7. The van der Waals surface area contributed by atoms with Gasteiger partial charge < -0.3 is 10.6 Å². The van der Waals surface area contributed by atoms with Gasteiger partial charge in [-0.3, -0.25) is 14.6 Å². The third-order valence-electron chi connectivity index (χ3n) is 3.96. The predicted molar refractivity (Wildman–Crippen MR) is 94.1 cm³/mol. The van der Waals surface area contributed by atoms with Crippen LogP contribution in [0.4, 0.5) is 13.2 Å². The third kappa shape index (κ3) is 6.40. The first-order valence-corrected chi connectivity index (χ1v) is 8.39. The molecule has 0 aliphatic rings. The summed E-state index contributed by atoms with van der Waals surface area (Å²) in [6.07, 6.45) is -1.23. The maximum atomic E-state index is 12.6. The predicted octanol–water partition coefficient (Wildman–Crippen LogP) is 3.14. The number of carbonyl (C=O) groups excluding carboxylic acids is 2. The van der Waals surface area contributed by atoms with Crippen LogP contribution >= 0.6 is 0 Å². The topological polar surface area (TPSA) is 71.1 Å². The Morgan fingerprint density at radius 3 is 2.33 bits per heavy atom. The lowest BCUT2D eigenvalue weighted by Gasteiger charge is -2.14. The fraction of sp³-hybridized carbons (Fsp3) is 0.316. The Morgan fingerprint density at radius 1 is 1.07 bits per heavy atom. The molecule has 27 heavy (non-hydrogen) atoms. The zero-order valence-corrected chi connectivity index (χ0v) is 14.7. The second-order valence-electron chi connectivity index (χ2n) is 6.07. The van der Waals surface area contributed by atoms with E-state index in [1.807, 2.05) is 0 Å². The van der Waals surface area contributed by atoms with Crippen LogP contribution in [0.25, 0.3) is 0 Å². The van der Waals surface area contributed by atoms with Crippen molar-refractivity contribution in [3.63, 3.8) is 0 Å². The lowest BCUT2D eigenvalue weighted by atomic mass is 9.96. The van der Waals surface area contributed by atoms with Crippen molar-refractivity contribution in [2.24, 2.45) is 0 Å². The van der Waals surface area contributed by atoms with Crippen LogP contribution in [0.15, 0.2) is 48.8 Å². The van der Waals surface area contributed by atoms with E-state index in [0.717, 1.165) is 12.1 Å². The van der Waals surface area contributed by atoms with E-state index in [-0.39, 0.29) is 37.2 Å². The van der Waals surface area contributed by atoms with E-state index in [4.69, 9.17) is 0 Å². The Kier molecular flexibility index (Phi) is 6.92. The molecule has 0 fully saturated rings. The minimum atomic E-state index is -4.38. The molecule has 0 aliphatic carbocycles. The number of hydrogen-bond donors (Lipinski definition) is 2. The van der Waals surface area contributed by atoms with Crippen LogP contribution in [-0.2, 0) is 11.0 Å². The van der Waals surface area contributed by atoms with Gasteiger partial charge in [0, 0.05) is 31.9 Å². The summed E-state index contributed by atoms with van der Waals surface area (Å²) in [6, 6.07) is 8.07. The number of nitrogens with zero attached hydrogens (tertiary/aromatic N) is 1. The molecule has 2 aromatic rings. The molecule has 144 valence electrons. The summed E-state index contributed by atoms with van der Waals surface area (Å²) in [6.45, 7) is 2.28. The van der Waals surface area contributed by atoms with Crippen molar-refractivity contribution in [1.82, 2.24) is 15.6 Å². The molecule has 8 heteroatoms. The first kappa shape index (κ1) is 20.4. The van der Waals surface area contributed by atoms with Crippen LogP contribution in [0.5, 0.6) is 0 Å². The molecule has 2 rings (SSSR count). The molecule has 0 bridgehead atoms. The number of aromatic nitrogens is 1. The van der Waals surface area contributed by atoms with Gasteiger partial charge in [0.1, 0.15) is 0 Å². The molecule has 1 unspecified atom stereocenters. The van der Waals surface area contributed by atoms with Crippen LogP contribution < -0.4 is 10.6 Å². The van der Waals surface area contributed by atoms with E-state index in [9.17, 15) is 22.8 Å². The highest BCUT2D eigenvalue weighted by Gasteiger charge is 2.30. The van der Waals surface area contributed by atoms with E-state index in [2.05, 4.69) is 15.6 Å². The Labute approximate surface area is 155 Å². The van der Waals surface area contributed by atoms with Gasteiger partial charge in [0.25, 0.3) is 5.91 Å². The zero-order valence-electron chi connectivity index (χ0n) is 14.7. The molecule has 0 saturated heterocycles. The molecular weight excluding hydrogens is 359 g/mol. The summed E-state index contributed by atoms with van der Waals surface area (Å²) in [5, 5.41) is 5.34. The second kappa shape index (κ2) is 9.16. The van der Waals surface area contributed by atoms with Crippen LogP contribution in [0.1, 0.15) is 40.7 Å². The molecule has 1 atom stereocenters. The average Bonchev–Trinajstić information content (AvgIpc) is 2.65. The molecule has 2 N–H and O–H groups in total. The van der Waals surface area contributed by atoms with E-state index >= 15 is 0 Å². The number of pyridine rings is 1. The van der Waals surface area contributed by atoms with Gasteiger partial charge in [-0.1, -0.05) is 19.1 Å².